The van der Waals surface area contributed by atoms with Gasteiger partial charge in [-0.25, -0.2) is 8.96 Å². The third-order valence-electron chi connectivity index (χ3n) is 5.01. The predicted molar refractivity (Wildman–Crippen MR) is 93.9 cm³/mol. The standard InChI is InChI=1S/C21H19F4N2/c22-17-10-8-15(9-11-17)19-14-27(20-7-2-1-3-12-26(19)20)18-6-4-5-16(13-18)21(23,24)25/h4-6,8-11,13-14H,1-3,7,12H2/q+1. The summed E-state index contributed by atoms with van der Waals surface area (Å²) in [6.45, 7) is 0.800. The van der Waals surface area contributed by atoms with E-state index in [0.29, 0.717) is 5.69 Å². The van der Waals surface area contributed by atoms with E-state index in [1.165, 1.54) is 24.3 Å². The maximum atomic E-state index is 13.3. The number of fused-ring (bicyclic) bond motifs is 1. The number of halogens is 4. The van der Waals surface area contributed by atoms with Gasteiger partial charge in [0.2, 0.25) is 0 Å². The summed E-state index contributed by atoms with van der Waals surface area (Å²) in [7, 11) is 0. The van der Waals surface area contributed by atoms with Crippen LogP contribution in [0.2, 0.25) is 0 Å². The summed E-state index contributed by atoms with van der Waals surface area (Å²) in [5.74, 6) is 0.665. The molecule has 0 saturated carbocycles. The Balaban J connectivity index is 1.88. The normalized spacial score (nSPS) is 14.7. The zero-order chi connectivity index (χ0) is 19.0. The van der Waals surface area contributed by atoms with Gasteiger partial charge >= 0.3 is 6.18 Å². The third kappa shape index (κ3) is 3.48. The van der Waals surface area contributed by atoms with Crippen LogP contribution in [0.3, 0.4) is 0 Å². The monoisotopic (exact) mass is 375 g/mol. The second-order valence-corrected chi connectivity index (χ2v) is 6.82. The van der Waals surface area contributed by atoms with Crippen molar-refractivity contribution in [2.75, 3.05) is 0 Å². The van der Waals surface area contributed by atoms with Crippen LogP contribution < -0.4 is 4.57 Å². The Kier molecular flexibility index (Phi) is 4.50. The molecule has 2 aromatic carbocycles. The van der Waals surface area contributed by atoms with Gasteiger partial charge in [0.1, 0.15) is 17.7 Å². The smallest absolute Gasteiger partial charge is 0.227 e. The van der Waals surface area contributed by atoms with Crippen LogP contribution in [-0.2, 0) is 19.1 Å². The highest BCUT2D eigenvalue weighted by Gasteiger charge is 2.32. The van der Waals surface area contributed by atoms with Crippen molar-refractivity contribution in [1.29, 1.82) is 0 Å². The summed E-state index contributed by atoms with van der Waals surface area (Å²) in [6.07, 6.45) is 1.35. The van der Waals surface area contributed by atoms with Gasteiger partial charge in [-0.15, -0.1) is 0 Å². The molecule has 0 radical (unpaired) electrons. The van der Waals surface area contributed by atoms with E-state index < -0.39 is 11.7 Å². The zero-order valence-electron chi connectivity index (χ0n) is 14.6. The molecule has 140 valence electrons. The molecule has 0 atom stereocenters. The number of alkyl halides is 3. The van der Waals surface area contributed by atoms with Crippen LogP contribution in [0, 0.1) is 5.82 Å². The van der Waals surface area contributed by atoms with Gasteiger partial charge in [0, 0.05) is 12.0 Å². The molecule has 1 aliphatic rings. The molecular formula is C21H19F4N2+. The van der Waals surface area contributed by atoms with E-state index in [1.54, 1.807) is 18.2 Å². The fourth-order valence-corrected chi connectivity index (χ4v) is 3.68. The predicted octanol–water partition coefficient (Wildman–Crippen LogP) is 5.32. The number of aromatic nitrogens is 2. The minimum Gasteiger partial charge on any atom is -0.227 e. The van der Waals surface area contributed by atoms with Gasteiger partial charge in [0.25, 0.3) is 5.82 Å². The molecule has 2 nitrogen and oxygen atoms in total. The van der Waals surface area contributed by atoms with Gasteiger partial charge in [-0.2, -0.15) is 17.7 Å². The summed E-state index contributed by atoms with van der Waals surface area (Å²) in [6, 6.07) is 11.6. The highest BCUT2D eigenvalue weighted by molar-refractivity contribution is 5.56. The second-order valence-electron chi connectivity index (χ2n) is 6.82. The molecule has 0 N–H and O–H groups in total. The van der Waals surface area contributed by atoms with Crippen LogP contribution in [0.15, 0.2) is 54.7 Å². The quantitative estimate of drug-likeness (QED) is 0.424. The highest BCUT2D eigenvalue weighted by Crippen LogP contribution is 2.31. The van der Waals surface area contributed by atoms with Crippen molar-refractivity contribution in [2.45, 2.75) is 38.4 Å². The van der Waals surface area contributed by atoms with Crippen LogP contribution in [0.25, 0.3) is 16.9 Å². The largest absolute Gasteiger partial charge is 0.416 e. The Bertz CT molecular complexity index is 955. The molecule has 1 aliphatic heterocycles. The highest BCUT2D eigenvalue weighted by atomic mass is 19.4. The van der Waals surface area contributed by atoms with Crippen molar-refractivity contribution in [2.24, 2.45) is 0 Å². The molecule has 0 spiro atoms. The van der Waals surface area contributed by atoms with Gasteiger partial charge in [-0.05, 0) is 61.7 Å². The Hall–Kier alpha value is -2.63. The van der Waals surface area contributed by atoms with Crippen molar-refractivity contribution < 1.29 is 22.1 Å². The maximum absolute atomic E-state index is 13.3. The molecular weight excluding hydrogens is 356 g/mol. The first-order chi connectivity index (χ1) is 12.9. The van der Waals surface area contributed by atoms with E-state index in [9.17, 15) is 17.6 Å². The second kappa shape index (κ2) is 6.83. The fourth-order valence-electron chi connectivity index (χ4n) is 3.68. The summed E-state index contributed by atoms with van der Waals surface area (Å²) >= 11 is 0. The van der Waals surface area contributed by atoms with E-state index in [0.717, 1.165) is 55.4 Å². The lowest BCUT2D eigenvalue weighted by Gasteiger charge is -2.08. The lowest BCUT2D eigenvalue weighted by molar-refractivity contribution is -0.692. The molecule has 4 rings (SSSR count). The Morgan fingerprint density at radius 1 is 0.926 bits per heavy atom. The number of benzene rings is 2. The van der Waals surface area contributed by atoms with E-state index >= 15 is 0 Å². The Morgan fingerprint density at radius 3 is 2.44 bits per heavy atom. The van der Waals surface area contributed by atoms with Crippen molar-refractivity contribution in [3.05, 3.63) is 71.9 Å². The van der Waals surface area contributed by atoms with E-state index in [2.05, 4.69) is 4.57 Å². The van der Waals surface area contributed by atoms with Gasteiger partial charge in [-0.1, -0.05) is 6.07 Å². The number of hydrogen-bond acceptors (Lipinski definition) is 0. The minimum absolute atomic E-state index is 0.313. The molecule has 2 heterocycles. The van der Waals surface area contributed by atoms with Gasteiger partial charge in [-0.3, -0.25) is 0 Å². The fraction of sp³-hybridized carbons (Fsp3) is 0.286. The third-order valence-corrected chi connectivity index (χ3v) is 5.01. The first-order valence-electron chi connectivity index (χ1n) is 9.01. The molecule has 27 heavy (non-hydrogen) atoms. The van der Waals surface area contributed by atoms with E-state index in [4.69, 9.17) is 0 Å². The molecule has 0 bridgehead atoms. The molecule has 1 aromatic heterocycles. The molecule has 6 heteroatoms. The molecule has 0 unspecified atom stereocenters. The number of rotatable bonds is 2. The van der Waals surface area contributed by atoms with Crippen LogP contribution in [0.4, 0.5) is 17.6 Å². The number of nitrogens with zero attached hydrogens (tertiary/aromatic N) is 2. The molecule has 0 fully saturated rings. The average molecular weight is 375 g/mol. The van der Waals surface area contributed by atoms with Crippen molar-refractivity contribution in [3.63, 3.8) is 0 Å². The SMILES string of the molecule is Fc1ccc(-c2cn(-c3cccc(C(F)(F)F)c3)c3[n+]2CCCCC3)cc1. The number of hydrogen-bond donors (Lipinski definition) is 0. The molecule has 0 amide bonds. The van der Waals surface area contributed by atoms with Crippen molar-refractivity contribution in [3.8, 4) is 16.9 Å². The van der Waals surface area contributed by atoms with Crippen molar-refractivity contribution in [1.82, 2.24) is 4.57 Å². The topological polar surface area (TPSA) is 8.81 Å². The van der Waals surface area contributed by atoms with Gasteiger partial charge in [0.15, 0.2) is 5.69 Å². The zero-order valence-corrected chi connectivity index (χ0v) is 14.6. The van der Waals surface area contributed by atoms with Crippen LogP contribution in [0.5, 0.6) is 0 Å². The van der Waals surface area contributed by atoms with Crippen LogP contribution >= 0.6 is 0 Å². The van der Waals surface area contributed by atoms with Crippen LogP contribution in [-0.4, -0.2) is 4.57 Å². The summed E-state index contributed by atoms with van der Waals surface area (Å²) < 4.78 is 56.8. The average Bonchev–Trinajstić information content (AvgIpc) is 2.83. The van der Waals surface area contributed by atoms with Gasteiger partial charge < -0.3 is 0 Å². The lowest BCUT2D eigenvalue weighted by atomic mass is 10.1. The summed E-state index contributed by atoms with van der Waals surface area (Å²) in [5.41, 5.74) is 1.57. The Labute approximate surface area is 154 Å². The van der Waals surface area contributed by atoms with Crippen molar-refractivity contribution >= 4 is 0 Å². The molecule has 0 saturated heterocycles. The van der Waals surface area contributed by atoms with E-state index in [-0.39, 0.29) is 5.82 Å². The maximum Gasteiger partial charge on any atom is 0.416 e. The molecule has 0 aliphatic carbocycles. The van der Waals surface area contributed by atoms with E-state index in [1.807, 2.05) is 10.8 Å². The minimum atomic E-state index is -4.38. The van der Waals surface area contributed by atoms with Crippen LogP contribution in [0.1, 0.15) is 30.7 Å². The first-order valence-corrected chi connectivity index (χ1v) is 9.01. The van der Waals surface area contributed by atoms with Gasteiger partial charge in [0.05, 0.1) is 12.1 Å². The first kappa shape index (κ1) is 17.8. The Morgan fingerprint density at radius 2 is 1.70 bits per heavy atom. The summed E-state index contributed by atoms with van der Waals surface area (Å²) in [4.78, 5) is 0. The molecule has 3 aromatic rings. The lowest BCUT2D eigenvalue weighted by Crippen LogP contribution is -2.38. The summed E-state index contributed by atoms with van der Waals surface area (Å²) in [5, 5.41) is 0. The number of imidazole rings is 1.